The maximum absolute atomic E-state index is 9.93. The number of hydrogen-bond acceptors (Lipinski definition) is 1. The molecule has 0 aliphatic carbocycles. The molecule has 0 amide bonds. The van der Waals surface area contributed by atoms with Crippen LogP contribution in [0.1, 0.15) is 28.9 Å². The summed E-state index contributed by atoms with van der Waals surface area (Å²) in [5, 5.41) is 8.14. The van der Waals surface area contributed by atoms with Crippen molar-refractivity contribution in [2.24, 2.45) is 0 Å². The predicted octanol–water partition coefficient (Wildman–Crippen LogP) is 1.26. The van der Waals surface area contributed by atoms with Crippen molar-refractivity contribution in [3.63, 3.8) is 0 Å². The fraction of sp³-hybridized carbons (Fsp3) is 0.800. The molecule has 0 aliphatic heterocycles. The van der Waals surface area contributed by atoms with Gasteiger partial charge in [-0.3, -0.25) is 4.79 Å². The van der Waals surface area contributed by atoms with E-state index in [9.17, 15) is 4.79 Å². The topological polar surface area (TPSA) is 37.3 Å². The van der Waals surface area contributed by atoms with Crippen LogP contribution in [0.4, 0.5) is 0 Å². The maximum atomic E-state index is 9.93. The minimum Gasteiger partial charge on any atom is -0.481 e. The average molecular weight is 104 g/mol. The van der Waals surface area contributed by atoms with Crippen LogP contribution in [0.15, 0.2) is 0 Å². The largest absolute Gasteiger partial charge is 0.481 e. The molecule has 0 saturated carbocycles. The minimum absolute atomic E-state index is 0.249. The highest BCUT2D eigenvalue weighted by Crippen LogP contribution is 1.91. The first-order chi connectivity index (χ1) is 3.98. The van der Waals surface area contributed by atoms with Gasteiger partial charge < -0.3 is 5.11 Å². The first-order valence-corrected chi connectivity index (χ1v) is 2.20. The number of carbonyl (C=O) groups is 1. The summed E-state index contributed by atoms with van der Waals surface area (Å²) in [6.07, 6.45) is -1.69. The fourth-order valence-electron chi connectivity index (χ4n) is 0.232. The lowest BCUT2D eigenvalue weighted by atomic mass is 10.3. The van der Waals surface area contributed by atoms with Crippen molar-refractivity contribution in [3.8, 4) is 0 Å². The Morgan fingerprint density at radius 3 is 2.71 bits per heavy atom. The lowest BCUT2D eigenvalue weighted by Gasteiger charge is -1.85. The van der Waals surface area contributed by atoms with E-state index in [1.807, 2.05) is 0 Å². The summed E-state index contributed by atoms with van der Waals surface area (Å²) in [7, 11) is 0. The molecule has 0 aromatic carbocycles. The Balaban J connectivity index is 3.71. The zero-order chi connectivity index (χ0) is 7.49. The normalized spacial score (nSPS) is 15.0. The second-order valence-electron chi connectivity index (χ2n) is 1.17. The van der Waals surface area contributed by atoms with Crippen LogP contribution >= 0.6 is 0 Å². The van der Waals surface area contributed by atoms with Crippen LogP contribution < -0.4 is 0 Å². The molecule has 0 aromatic heterocycles. The molecule has 0 rings (SSSR count). The molecule has 0 aromatic rings. The molecule has 0 bridgehead atoms. The summed E-state index contributed by atoms with van der Waals surface area (Å²) in [4.78, 5) is 9.93. The molecule has 0 heterocycles. The summed E-state index contributed by atoms with van der Waals surface area (Å²) >= 11 is 0. The van der Waals surface area contributed by atoms with Crippen molar-refractivity contribution >= 4 is 5.97 Å². The zero-order valence-electron chi connectivity index (χ0n) is 6.27. The molecule has 2 heteroatoms. The van der Waals surface area contributed by atoms with Crippen molar-refractivity contribution < 1.29 is 12.6 Å². The Labute approximate surface area is 46.0 Å². The molecule has 2 nitrogen and oxygen atoms in total. The van der Waals surface area contributed by atoms with Crippen LogP contribution in [0.3, 0.4) is 0 Å². The van der Waals surface area contributed by atoms with Gasteiger partial charge in [-0.1, -0.05) is 13.3 Å². The van der Waals surface area contributed by atoms with E-state index in [0.717, 1.165) is 0 Å². The number of rotatable bonds is 3. The van der Waals surface area contributed by atoms with E-state index in [1.54, 1.807) is 6.92 Å². The van der Waals surface area contributed by atoms with Gasteiger partial charge in [-0.15, -0.1) is 0 Å². The Bertz CT molecular complexity index is 112. The van der Waals surface area contributed by atoms with Crippen LogP contribution in [0.2, 0.25) is 0 Å². The average Bonchev–Trinajstić information content (AvgIpc) is 1.63. The molecular weight excluding hydrogens is 92.1 g/mol. The van der Waals surface area contributed by atoms with Crippen LogP contribution in [-0.2, 0) is 4.79 Å². The first kappa shape index (κ1) is 3.47. The van der Waals surface area contributed by atoms with E-state index in [-0.39, 0.29) is 6.42 Å². The van der Waals surface area contributed by atoms with E-state index in [2.05, 4.69) is 0 Å². The highest BCUT2D eigenvalue weighted by atomic mass is 16.4. The van der Waals surface area contributed by atoms with Gasteiger partial charge in [-0.25, -0.2) is 0 Å². The standard InChI is InChI=1S/C5H10O2/c1-2-3-4-5(6)7/h2-4H2,1H3,(H,6,7)/i3D2. The van der Waals surface area contributed by atoms with Gasteiger partial charge in [0, 0.05) is 9.16 Å². The molecule has 0 aliphatic rings. The number of carboxylic acid groups (broad SMARTS) is 1. The summed E-state index contributed by atoms with van der Waals surface area (Å²) < 4.78 is 14.0. The number of hydrogen-bond donors (Lipinski definition) is 1. The predicted molar refractivity (Wildman–Crippen MR) is 27.2 cm³/mol. The van der Waals surface area contributed by atoms with Gasteiger partial charge in [0.15, 0.2) is 0 Å². The molecule has 1 N–H and O–H groups in total. The Hall–Kier alpha value is -0.530. The molecule has 0 fully saturated rings. The van der Waals surface area contributed by atoms with E-state index in [1.165, 1.54) is 0 Å². The van der Waals surface area contributed by atoms with Gasteiger partial charge in [-0.2, -0.15) is 0 Å². The summed E-state index contributed by atoms with van der Waals surface area (Å²) in [6, 6.07) is 0. The van der Waals surface area contributed by atoms with Crippen molar-refractivity contribution in [2.45, 2.75) is 26.1 Å². The summed E-state index contributed by atoms with van der Waals surface area (Å²) in [5.41, 5.74) is 0. The summed E-state index contributed by atoms with van der Waals surface area (Å²) in [6.45, 7) is 1.63. The molecule has 0 saturated heterocycles. The highest BCUT2D eigenvalue weighted by molar-refractivity contribution is 5.66. The van der Waals surface area contributed by atoms with Gasteiger partial charge in [0.25, 0.3) is 0 Å². The van der Waals surface area contributed by atoms with Gasteiger partial charge in [-0.05, 0) is 6.37 Å². The fourth-order valence-corrected chi connectivity index (χ4v) is 0.232. The Kier molecular flexibility index (Phi) is 1.81. The molecule has 7 heavy (non-hydrogen) atoms. The SMILES string of the molecule is [2H]C([2H])(CC)CC(=O)O. The monoisotopic (exact) mass is 104 g/mol. The van der Waals surface area contributed by atoms with Crippen LogP contribution in [0, 0.1) is 0 Å². The third-order valence-corrected chi connectivity index (χ3v) is 0.526. The van der Waals surface area contributed by atoms with Crippen LogP contribution in [0.5, 0.6) is 0 Å². The zero-order valence-corrected chi connectivity index (χ0v) is 4.27. The van der Waals surface area contributed by atoms with Crippen molar-refractivity contribution in [1.29, 1.82) is 0 Å². The first-order valence-electron chi connectivity index (χ1n) is 3.20. The van der Waals surface area contributed by atoms with E-state index < -0.39 is 18.8 Å². The lowest BCUT2D eigenvalue weighted by Crippen LogP contribution is -1.91. The van der Waals surface area contributed by atoms with Crippen LogP contribution in [0.25, 0.3) is 0 Å². The molecule has 0 radical (unpaired) electrons. The second-order valence-corrected chi connectivity index (χ2v) is 1.17. The van der Waals surface area contributed by atoms with Crippen molar-refractivity contribution in [2.75, 3.05) is 0 Å². The smallest absolute Gasteiger partial charge is 0.303 e. The third-order valence-electron chi connectivity index (χ3n) is 0.526. The summed E-state index contributed by atoms with van der Waals surface area (Å²) in [5.74, 6) is -1.08. The highest BCUT2D eigenvalue weighted by Gasteiger charge is 1.90. The third kappa shape index (κ3) is 5.47. The molecular formula is C5H10O2. The van der Waals surface area contributed by atoms with Gasteiger partial charge in [0.05, 0.1) is 0 Å². The molecule has 0 atom stereocenters. The Morgan fingerprint density at radius 1 is 2.00 bits per heavy atom. The quantitative estimate of drug-likeness (QED) is 0.585. The minimum atomic E-state index is -1.54. The lowest BCUT2D eigenvalue weighted by molar-refractivity contribution is -0.137. The van der Waals surface area contributed by atoms with Crippen molar-refractivity contribution in [3.05, 3.63) is 0 Å². The maximum Gasteiger partial charge on any atom is 0.303 e. The van der Waals surface area contributed by atoms with E-state index in [4.69, 9.17) is 7.85 Å². The van der Waals surface area contributed by atoms with Gasteiger partial charge >= 0.3 is 5.97 Å². The molecule has 42 valence electrons. The number of aliphatic carboxylic acids is 1. The van der Waals surface area contributed by atoms with Gasteiger partial charge in [0.2, 0.25) is 0 Å². The van der Waals surface area contributed by atoms with Gasteiger partial charge in [0.1, 0.15) is 0 Å². The van der Waals surface area contributed by atoms with Crippen LogP contribution in [-0.4, -0.2) is 11.1 Å². The number of carboxylic acids is 1. The van der Waals surface area contributed by atoms with Crippen molar-refractivity contribution in [1.82, 2.24) is 0 Å². The van der Waals surface area contributed by atoms with E-state index >= 15 is 0 Å². The van der Waals surface area contributed by atoms with E-state index in [0.29, 0.717) is 0 Å². The molecule has 0 spiro atoms. The molecule has 0 unspecified atom stereocenters. The Morgan fingerprint density at radius 2 is 2.57 bits per heavy atom. The second kappa shape index (κ2) is 3.65.